The van der Waals surface area contributed by atoms with Crippen molar-refractivity contribution in [1.29, 1.82) is 0 Å². The average molecular weight is 358 g/mol. The molecule has 0 aromatic heterocycles. The van der Waals surface area contributed by atoms with Gasteiger partial charge in [0.15, 0.2) is 0 Å². The smallest absolute Gasteiger partial charge is 0.340 e. The summed E-state index contributed by atoms with van der Waals surface area (Å²) in [6, 6.07) is 10.2. The SMILES string of the molecule is COC(=O)C1=C(OC(C)=O)C[C@@]2(C)CC[C@]1(CCCc1ccccc1)O2. The predicted molar refractivity (Wildman–Crippen MR) is 96.3 cm³/mol. The lowest BCUT2D eigenvalue weighted by atomic mass is 9.84. The Morgan fingerprint density at radius 1 is 1.19 bits per heavy atom. The molecule has 1 aromatic carbocycles. The van der Waals surface area contributed by atoms with E-state index >= 15 is 0 Å². The number of rotatable bonds is 6. The fourth-order valence-electron chi connectivity index (χ4n) is 4.21. The Morgan fingerprint density at radius 3 is 2.58 bits per heavy atom. The Bertz CT molecular complexity index is 723. The Hall–Kier alpha value is -2.14. The van der Waals surface area contributed by atoms with Gasteiger partial charge in [0.1, 0.15) is 16.9 Å². The molecule has 0 amide bonds. The van der Waals surface area contributed by atoms with Crippen LogP contribution in [0.2, 0.25) is 0 Å². The van der Waals surface area contributed by atoms with E-state index in [1.807, 2.05) is 25.1 Å². The minimum Gasteiger partial charge on any atom is -0.465 e. The third-order valence-electron chi connectivity index (χ3n) is 5.31. The van der Waals surface area contributed by atoms with Crippen LogP contribution in [0, 0.1) is 0 Å². The van der Waals surface area contributed by atoms with Gasteiger partial charge in [-0.25, -0.2) is 4.79 Å². The van der Waals surface area contributed by atoms with Crippen LogP contribution in [0.25, 0.3) is 0 Å². The summed E-state index contributed by atoms with van der Waals surface area (Å²) in [6.07, 6.45) is 4.43. The molecule has 1 fully saturated rings. The number of esters is 2. The van der Waals surface area contributed by atoms with E-state index in [1.54, 1.807) is 0 Å². The van der Waals surface area contributed by atoms with Gasteiger partial charge in [0, 0.05) is 13.3 Å². The topological polar surface area (TPSA) is 61.8 Å². The summed E-state index contributed by atoms with van der Waals surface area (Å²) in [6.45, 7) is 3.37. The molecule has 0 saturated carbocycles. The van der Waals surface area contributed by atoms with Gasteiger partial charge >= 0.3 is 11.9 Å². The standard InChI is InChI=1S/C21H26O5/c1-15(22)25-17-14-20(2)12-13-21(26-20,18(17)19(23)24-3)11-7-10-16-8-5-4-6-9-16/h4-6,8-9H,7,10-14H2,1-3H3/t20-,21+/m1/s1. The minimum absolute atomic E-state index is 0.387. The summed E-state index contributed by atoms with van der Waals surface area (Å²) in [7, 11) is 1.35. The molecule has 0 N–H and O–H groups in total. The summed E-state index contributed by atoms with van der Waals surface area (Å²) >= 11 is 0. The van der Waals surface area contributed by atoms with Crippen molar-refractivity contribution in [2.24, 2.45) is 0 Å². The van der Waals surface area contributed by atoms with Crippen LogP contribution in [-0.2, 0) is 30.2 Å². The maximum Gasteiger partial charge on any atom is 0.340 e. The Balaban J connectivity index is 1.87. The van der Waals surface area contributed by atoms with Crippen molar-refractivity contribution in [2.45, 2.75) is 63.6 Å². The second-order valence-corrected chi connectivity index (χ2v) is 7.45. The number of benzene rings is 1. The van der Waals surface area contributed by atoms with E-state index in [4.69, 9.17) is 14.2 Å². The van der Waals surface area contributed by atoms with Crippen LogP contribution in [0.1, 0.15) is 51.5 Å². The van der Waals surface area contributed by atoms with Crippen LogP contribution in [0.5, 0.6) is 0 Å². The Kier molecular flexibility index (Phi) is 5.19. The van der Waals surface area contributed by atoms with E-state index < -0.39 is 23.1 Å². The lowest BCUT2D eigenvalue weighted by Gasteiger charge is -2.40. The molecule has 2 aliphatic heterocycles. The normalized spacial score (nSPS) is 27.3. The largest absolute Gasteiger partial charge is 0.465 e. The average Bonchev–Trinajstić information content (AvgIpc) is 2.87. The van der Waals surface area contributed by atoms with Crippen LogP contribution in [0.4, 0.5) is 0 Å². The van der Waals surface area contributed by atoms with Gasteiger partial charge in [-0.1, -0.05) is 30.3 Å². The van der Waals surface area contributed by atoms with Crippen LogP contribution in [0.15, 0.2) is 41.7 Å². The fraction of sp³-hybridized carbons (Fsp3) is 0.524. The first-order chi connectivity index (χ1) is 12.4. The summed E-state index contributed by atoms with van der Waals surface area (Å²) in [4.78, 5) is 24.1. The molecule has 1 saturated heterocycles. The Labute approximate surface area is 154 Å². The van der Waals surface area contributed by atoms with Gasteiger partial charge in [0.2, 0.25) is 0 Å². The van der Waals surface area contributed by atoms with Crippen LogP contribution >= 0.6 is 0 Å². The molecule has 2 heterocycles. The highest BCUT2D eigenvalue weighted by atomic mass is 16.6. The lowest BCUT2D eigenvalue weighted by molar-refractivity contribution is -0.150. The monoisotopic (exact) mass is 358 g/mol. The van der Waals surface area contributed by atoms with E-state index in [9.17, 15) is 9.59 Å². The molecular weight excluding hydrogens is 332 g/mol. The van der Waals surface area contributed by atoms with E-state index in [0.29, 0.717) is 24.2 Å². The van der Waals surface area contributed by atoms with Crippen molar-refractivity contribution < 1.29 is 23.8 Å². The Morgan fingerprint density at radius 2 is 1.92 bits per heavy atom. The van der Waals surface area contributed by atoms with Gasteiger partial charge < -0.3 is 14.2 Å². The summed E-state index contributed by atoms with van der Waals surface area (Å²) in [5.41, 5.74) is 0.497. The highest BCUT2D eigenvalue weighted by molar-refractivity contribution is 5.92. The first-order valence-corrected chi connectivity index (χ1v) is 9.12. The summed E-state index contributed by atoms with van der Waals surface area (Å²) in [5, 5.41) is 0. The first kappa shape index (κ1) is 18.6. The van der Waals surface area contributed by atoms with Gasteiger partial charge in [-0.15, -0.1) is 0 Å². The highest BCUT2D eigenvalue weighted by Gasteiger charge is 2.56. The third kappa shape index (κ3) is 3.68. The maximum absolute atomic E-state index is 12.5. The number of carbonyl (C=O) groups excluding carboxylic acids is 2. The third-order valence-corrected chi connectivity index (χ3v) is 5.31. The minimum atomic E-state index is -0.736. The lowest BCUT2D eigenvalue weighted by Crippen LogP contribution is -2.44. The predicted octanol–water partition coefficient (Wildman–Crippen LogP) is 3.71. The molecular formula is C21H26O5. The number of fused-ring (bicyclic) bond motifs is 2. The van der Waals surface area contributed by atoms with Gasteiger partial charge in [-0.2, -0.15) is 0 Å². The molecule has 5 nitrogen and oxygen atoms in total. The number of aryl methyl sites for hydroxylation is 1. The second kappa shape index (κ2) is 7.23. The number of ether oxygens (including phenoxy) is 3. The van der Waals surface area contributed by atoms with Crippen LogP contribution in [0.3, 0.4) is 0 Å². The van der Waals surface area contributed by atoms with Crippen molar-refractivity contribution in [1.82, 2.24) is 0 Å². The highest BCUT2D eigenvalue weighted by Crippen LogP contribution is 2.53. The van der Waals surface area contributed by atoms with Crippen LogP contribution < -0.4 is 0 Å². The molecule has 0 unspecified atom stereocenters. The molecule has 26 heavy (non-hydrogen) atoms. The molecule has 140 valence electrons. The van der Waals surface area contributed by atoms with Crippen molar-refractivity contribution in [2.75, 3.05) is 7.11 Å². The number of carbonyl (C=O) groups is 2. The van der Waals surface area contributed by atoms with E-state index in [0.717, 1.165) is 25.7 Å². The van der Waals surface area contributed by atoms with Gasteiger partial charge in [-0.3, -0.25) is 4.79 Å². The maximum atomic E-state index is 12.5. The van der Waals surface area contributed by atoms with Crippen LogP contribution in [-0.4, -0.2) is 30.3 Å². The molecule has 2 bridgehead atoms. The zero-order chi connectivity index (χ0) is 18.8. The quantitative estimate of drug-likeness (QED) is 0.726. The van der Waals surface area contributed by atoms with E-state index in [-0.39, 0.29) is 0 Å². The van der Waals surface area contributed by atoms with Crippen molar-refractivity contribution in [3.05, 3.63) is 47.2 Å². The van der Waals surface area contributed by atoms with Gasteiger partial charge in [0.25, 0.3) is 0 Å². The van der Waals surface area contributed by atoms with Gasteiger partial charge in [0.05, 0.1) is 12.7 Å². The fourth-order valence-corrected chi connectivity index (χ4v) is 4.21. The zero-order valence-corrected chi connectivity index (χ0v) is 15.7. The van der Waals surface area contributed by atoms with Crippen molar-refractivity contribution in [3.63, 3.8) is 0 Å². The first-order valence-electron chi connectivity index (χ1n) is 9.12. The molecule has 3 rings (SSSR count). The summed E-state index contributed by atoms with van der Waals surface area (Å²) in [5.74, 6) is -0.481. The van der Waals surface area contributed by atoms with Crippen molar-refractivity contribution in [3.8, 4) is 0 Å². The molecule has 5 heteroatoms. The number of hydrogen-bond donors (Lipinski definition) is 0. The number of hydrogen-bond acceptors (Lipinski definition) is 5. The molecule has 1 aromatic rings. The molecule has 0 radical (unpaired) electrons. The molecule has 2 aliphatic rings. The molecule has 2 atom stereocenters. The zero-order valence-electron chi connectivity index (χ0n) is 15.7. The van der Waals surface area contributed by atoms with E-state index in [2.05, 4.69) is 12.1 Å². The second-order valence-electron chi connectivity index (χ2n) is 7.45. The summed E-state index contributed by atoms with van der Waals surface area (Å²) < 4.78 is 16.8. The molecule has 0 spiro atoms. The van der Waals surface area contributed by atoms with E-state index in [1.165, 1.54) is 19.6 Å². The molecule has 0 aliphatic carbocycles. The number of methoxy groups -OCH3 is 1. The van der Waals surface area contributed by atoms with Gasteiger partial charge in [-0.05, 0) is 44.6 Å². The van der Waals surface area contributed by atoms with Crippen molar-refractivity contribution >= 4 is 11.9 Å².